The van der Waals surface area contributed by atoms with Crippen molar-refractivity contribution in [1.29, 1.82) is 0 Å². The fourth-order valence-electron chi connectivity index (χ4n) is 3.95. The molecule has 1 saturated heterocycles. The lowest BCUT2D eigenvalue weighted by atomic mass is 9.78. The number of nitrogens with zero attached hydrogens (tertiary/aromatic N) is 2. The number of hydrogen-bond acceptors (Lipinski definition) is 5. The molecule has 6 nitrogen and oxygen atoms in total. The zero-order valence-corrected chi connectivity index (χ0v) is 17.7. The summed E-state index contributed by atoms with van der Waals surface area (Å²) >= 11 is 6.43. The third kappa shape index (κ3) is 4.01. The lowest BCUT2D eigenvalue weighted by Crippen LogP contribution is -2.44. The van der Waals surface area contributed by atoms with Crippen LogP contribution < -0.4 is 15.7 Å². The quantitative estimate of drug-likeness (QED) is 0.756. The lowest BCUT2D eigenvalue weighted by Gasteiger charge is -2.34. The van der Waals surface area contributed by atoms with Gasteiger partial charge in [-0.05, 0) is 62.3 Å². The highest BCUT2D eigenvalue weighted by Gasteiger charge is 2.40. The first-order valence-corrected chi connectivity index (χ1v) is 10.2. The van der Waals surface area contributed by atoms with Gasteiger partial charge >= 0.3 is 7.12 Å². The number of amides is 1. The van der Waals surface area contributed by atoms with E-state index in [1.165, 1.54) is 0 Å². The minimum Gasteiger partial charge on any atom is -0.423 e. The molecule has 0 spiro atoms. The molecule has 1 fully saturated rings. The number of halogens is 1. The predicted molar refractivity (Wildman–Crippen MR) is 117 cm³/mol. The van der Waals surface area contributed by atoms with Gasteiger partial charge in [-0.1, -0.05) is 17.7 Å². The van der Waals surface area contributed by atoms with E-state index in [1.807, 2.05) is 38.1 Å². The summed E-state index contributed by atoms with van der Waals surface area (Å²) in [6.07, 6.45) is 0. The number of carbonyl (C=O) groups is 1. The minimum absolute atomic E-state index is 0.285. The van der Waals surface area contributed by atoms with Gasteiger partial charge in [-0.15, -0.1) is 0 Å². The molecule has 29 heavy (non-hydrogen) atoms. The van der Waals surface area contributed by atoms with Crippen molar-refractivity contribution >= 4 is 41.5 Å². The molecule has 0 bridgehead atoms. The standard InChI is InChI=1S/C21H25BClN3O3/c1-21(2)17-7-4-14(12-18(17)22(28)29-21)24-20(27)16-6-5-15(13-19(16)23)26-10-8-25(3)9-11-26/h4-7,12-13,28H,8-11H2,1-3H3,(H,24,27). The highest BCUT2D eigenvalue weighted by Crippen LogP contribution is 2.31. The summed E-state index contributed by atoms with van der Waals surface area (Å²) in [5.74, 6) is -0.285. The first-order valence-electron chi connectivity index (χ1n) is 9.79. The molecular formula is C21H25BClN3O3. The van der Waals surface area contributed by atoms with Crippen LogP contribution in [0, 0.1) is 0 Å². The Balaban J connectivity index is 1.50. The Morgan fingerprint density at radius 1 is 1.17 bits per heavy atom. The Morgan fingerprint density at radius 3 is 2.59 bits per heavy atom. The third-order valence-corrected chi connectivity index (χ3v) is 6.01. The lowest BCUT2D eigenvalue weighted by molar-refractivity contribution is 0.101. The van der Waals surface area contributed by atoms with E-state index in [-0.39, 0.29) is 5.91 Å². The number of rotatable bonds is 3. The number of hydrogen-bond donors (Lipinski definition) is 2. The van der Waals surface area contributed by atoms with Crippen molar-refractivity contribution < 1.29 is 14.5 Å². The van der Waals surface area contributed by atoms with Gasteiger partial charge in [0.15, 0.2) is 0 Å². The summed E-state index contributed by atoms with van der Waals surface area (Å²) in [5.41, 5.74) is 3.07. The van der Waals surface area contributed by atoms with E-state index in [9.17, 15) is 9.82 Å². The Kier molecular flexibility index (Phi) is 5.33. The molecule has 0 aliphatic carbocycles. The summed E-state index contributed by atoms with van der Waals surface area (Å²) in [5, 5.41) is 13.4. The third-order valence-electron chi connectivity index (χ3n) is 5.70. The van der Waals surface area contributed by atoms with Gasteiger partial charge in [0.25, 0.3) is 5.91 Å². The van der Waals surface area contributed by atoms with Crippen molar-refractivity contribution in [3.8, 4) is 0 Å². The van der Waals surface area contributed by atoms with Crippen LogP contribution in [0.1, 0.15) is 29.8 Å². The number of fused-ring (bicyclic) bond motifs is 1. The van der Waals surface area contributed by atoms with E-state index >= 15 is 0 Å². The number of benzene rings is 2. The highest BCUT2D eigenvalue weighted by molar-refractivity contribution is 6.62. The summed E-state index contributed by atoms with van der Waals surface area (Å²) < 4.78 is 5.57. The van der Waals surface area contributed by atoms with Gasteiger partial charge in [-0.3, -0.25) is 4.79 Å². The van der Waals surface area contributed by atoms with Crippen molar-refractivity contribution in [2.45, 2.75) is 19.4 Å². The fourth-order valence-corrected chi connectivity index (χ4v) is 4.21. The summed E-state index contributed by atoms with van der Waals surface area (Å²) in [6.45, 7) is 7.70. The van der Waals surface area contributed by atoms with Gasteiger partial charge < -0.3 is 24.8 Å². The van der Waals surface area contributed by atoms with E-state index in [4.69, 9.17) is 16.3 Å². The maximum Gasteiger partial charge on any atom is 0.492 e. The van der Waals surface area contributed by atoms with Crippen molar-refractivity contribution in [2.24, 2.45) is 0 Å². The number of anilines is 2. The second-order valence-electron chi connectivity index (χ2n) is 8.19. The second-order valence-corrected chi connectivity index (χ2v) is 8.60. The van der Waals surface area contributed by atoms with Gasteiger partial charge in [0.05, 0.1) is 16.2 Å². The molecule has 2 heterocycles. The minimum atomic E-state index is -0.997. The molecule has 0 radical (unpaired) electrons. The molecule has 2 aliphatic heterocycles. The maximum atomic E-state index is 12.8. The number of carbonyl (C=O) groups excluding carboxylic acids is 1. The Hall–Kier alpha value is -2.06. The molecule has 1 amide bonds. The topological polar surface area (TPSA) is 65.0 Å². The van der Waals surface area contributed by atoms with Crippen molar-refractivity contribution in [1.82, 2.24) is 4.90 Å². The highest BCUT2D eigenvalue weighted by atomic mass is 35.5. The molecule has 0 aromatic heterocycles. The Bertz CT molecular complexity index is 945. The molecule has 2 aromatic carbocycles. The van der Waals surface area contributed by atoms with Gasteiger partial charge in [0.1, 0.15) is 0 Å². The number of piperazine rings is 1. The van der Waals surface area contributed by atoms with E-state index in [2.05, 4.69) is 22.2 Å². The molecule has 2 aliphatic rings. The van der Waals surface area contributed by atoms with Crippen LogP contribution >= 0.6 is 11.6 Å². The SMILES string of the molecule is CN1CCN(c2ccc(C(=O)Nc3ccc4c(c3)B(O)OC4(C)C)c(Cl)c2)CC1. The van der Waals surface area contributed by atoms with Gasteiger partial charge in [-0.2, -0.15) is 0 Å². The van der Waals surface area contributed by atoms with Crippen LogP contribution in [-0.4, -0.2) is 56.2 Å². The van der Waals surface area contributed by atoms with Crippen molar-refractivity contribution in [2.75, 3.05) is 43.4 Å². The van der Waals surface area contributed by atoms with Crippen LogP contribution in [0.4, 0.5) is 11.4 Å². The van der Waals surface area contributed by atoms with Crippen LogP contribution in [0.3, 0.4) is 0 Å². The van der Waals surface area contributed by atoms with E-state index in [0.717, 1.165) is 37.4 Å². The first-order chi connectivity index (χ1) is 13.7. The second kappa shape index (κ2) is 7.65. The summed E-state index contributed by atoms with van der Waals surface area (Å²) in [4.78, 5) is 17.3. The normalized spacial score (nSPS) is 18.7. The maximum absolute atomic E-state index is 12.8. The van der Waals surface area contributed by atoms with E-state index < -0.39 is 12.7 Å². The van der Waals surface area contributed by atoms with Crippen LogP contribution in [0.2, 0.25) is 5.02 Å². The summed E-state index contributed by atoms with van der Waals surface area (Å²) in [6, 6.07) is 11.0. The van der Waals surface area contributed by atoms with E-state index in [0.29, 0.717) is 21.7 Å². The molecule has 8 heteroatoms. The zero-order valence-electron chi connectivity index (χ0n) is 16.9. The Labute approximate surface area is 176 Å². The predicted octanol–water partition coefficient (Wildman–Crippen LogP) is 2.30. The molecule has 0 unspecified atom stereocenters. The van der Waals surface area contributed by atoms with Gasteiger partial charge in [-0.25, -0.2) is 0 Å². The fraction of sp³-hybridized carbons (Fsp3) is 0.381. The summed E-state index contributed by atoms with van der Waals surface area (Å²) in [7, 11) is 1.12. The number of nitrogens with one attached hydrogen (secondary N) is 1. The average molecular weight is 414 g/mol. The monoisotopic (exact) mass is 413 g/mol. The average Bonchev–Trinajstić information content (AvgIpc) is 2.90. The first kappa shape index (κ1) is 20.2. The van der Waals surface area contributed by atoms with Crippen LogP contribution in [-0.2, 0) is 10.3 Å². The van der Waals surface area contributed by atoms with Crippen molar-refractivity contribution in [3.05, 3.63) is 52.5 Å². The molecule has 152 valence electrons. The molecule has 2 aromatic rings. The zero-order chi connectivity index (χ0) is 20.8. The molecular weight excluding hydrogens is 389 g/mol. The van der Waals surface area contributed by atoms with Crippen molar-refractivity contribution in [3.63, 3.8) is 0 Å². The Morgan fingerprint density at radius 2 is 1.90 bits per heavy atom. The van der Waals surface area contributed by atoms with Gasteiger partial charge in [0, 0.05) is 37.6 Å². The van der Waals surface area contributed by atoms with Crippen LogP contribution in [0.5, 0.6) is 0 Å². The van der Waals surface area contributed by atoms with Crippen LogP contribution in [0.25, 0.3) is 0 Å². The molecule has 0 saturated carbocycles. The van der Waals surface area contributed by atoms with E-state index in [1.54, 1.807) is 12.1 Å². The smallest absolute Gasteiger partial charge is 0.423 e. The van der Waals surface area contributed by atoms with Crippen LogP contribution in [0.15, 0.2) is 36.4 Å². The molecule has 4 rings (SSSR count). The number of likely N-dealkylation sites (N-methyl/N-ethyl adjacent to an activating group) is 1. The largest absolute Gasteiger partial charge is 0.492 e. The molecule has 2 N–H and O–H groups in total. The van der Waals surface area contributed by atoms with Gasteiger partial charge in [0.2, 0.25) is 0 Å². The molecule has 0 atom stereocenters.